The van der Waals surface area contributed by atoms with Crippen molar-refractivity contribution in [2.24, 2.45) is 0 Å². The van der Waals surface area contributed by atoms with Crippen molar-refractivity contribution in [1.29, 1.82) is 0 Å². The number of rotatable bonds is 3. The van der Waals surface area contributed by atoms with Gasteiger partial charge in [-0.2, -0.15) is 0 Å². The Balaban J connectivity index is 2.32. The van der Waals surface area contributed by atoms with Crippen LogP contribution in [0.3, 0.4) is 0 Å². The second-order valence-corrected chi connectivity index (χ2v) is 4.17. The average Bonchev–Trinajstić information content (AvgIpc) is 2.38. The first kappa shape index (κ1) is 11.4. The minimum Gasteiger partial charge on any atom is -0.0961 e. The Hall–Kier alpha value is -2.08. The quantitative estimate of drug-likeness (QED) is 0.642. The van der Waals surface area contributed by atoms with Crippen LogP contribution in [-0.2, 0) is 0 Å². The van der Waals surface area contributed by atoms with E-state index >= 15 is 0 Å². The van der Waals surface area contributed by atoms with Gasteiger partial charge in [0.1, 0.15) is 0 Å². The van der Waals surface area contributed by atoms with Gasteiger partial charge < -0.3 is 0 Å². The first-order valence-electron chi connectivity index (χ1n) is 5.75. The Bertz CT molecular complexity index is 533. The van der Waals surface area contributed by atoms with E-state index in [1.54, 1.807) is 0 Å². The number of hydrogen-bond donors (Lipinski definition) is 0. The summed E-state index contributed by atoms with van der Waals surface area (Å²) in [6, 6.07) is 18.9. The van der Waals surface area contributed by atoms with Crippen molar-refractivity contribution in [2.45, 2.75) is 6.92 Å². The van der Waals surface area contributed by atoms with Gasteiger partial charge in [-0.1, -0.05) is 72.8 Å². The third kappa shape index (κ3) is 3.18. The molecule has 0 nitrogen and oxygen atoms in total. The summed E-state index contributed by atoms with van der Waals surface area (Å²) in [6.45, 7) is 5.86. The van der Waals surface area contributed by atoms with Crippen molar-refractivity contribution >= 4 is 6.08 Å². The summed E-state index contributed by atoms with van der Waals surface area (Å²) >= 11 is 0. The Kier molecular flexibility index (Phi) is 3.56. The summed E-state index contributed by atoms with van der Waals surface area (Å²) < 4.78 is 0. The summed E-state index contributed by atoms with van der Waals surface area (Å²) in [7, 11) is 0. The zero-order valence-corrected chi connectivity index (χ0v) is 10.1. The van der Waals surface area contributed by atoms with Crippen LogP contribution in [0.25, 0.3) is 17.2 Å². The number of allylic oxidation sites excluding steroid dienone is 2. The molecule has 0 atom stereocenters. The van der Waals surface area contributed by atoms with Crippen molar-refractivity contribution < 1.29 is 0 Å². The highest BCUT2D eigenvalue weighted by Crippen LogP contribution is 2.20. The Labute approximate surface area is 103 Å². The molecule has 84 valence electrons. The van der Waals surface area contributed by atoms with Gasteiger partial charge in [-0.05, 0) is 29.7 Å². The molecule has 0 radical (unpaired) electrons. The summed E-state index contributed by atoms with van der Waals surface area (Å²) in [5, 5.41) is 0. The van der Waals surface area contributed by atoms with E-state index in [1.165, 1.54) is 16.7 Å². The summed E-state index contributed by atoms with van der Waals surface area (Å²) in [6.07, 6.45) is 4.12. The van der Waals surface area contributed by atoms with E-state index in [4.69, 9.17) is 0 Å². The normalized spacial score (nSPS) is 10.6. The van der Waals surface area contributed by atoms with Crippen molar-refractivity contribution in [3.05, 3.63) is 78.4 Å². The van der Waals surface area contributed by atoms with Gasteiger partial charge in [0, 0.05) is 0 Å². The highest BCUT2D eigenvalue weighted by atomic mass is 14.0. The molecule has 0 heterocycles. The molecule has 2 rings (SSSR count). The molecular weight excluding hydrogens is 204 g/mol. The lowest BCUT2D eigenvalue weighted by molar-refractivity contribution is 1.56. The van der Waals surface area contributed by atoms with Gasteiger partial charge >= 0.3 is 0 Å². The van der Waals surface area contributed by atoms with Crippen molar-refractivity contribution in [3.8, 4) is 11.1 Å². The van der Waals surface area contributed by atoms with Crippen molar-refractivity contribution in [1.82, 2.24) is 0 Å². The van der Waals surface area contributed by atoms with E-state index in [2.05, 4.69) is 61.2 Å². The van der Waals surface area contributed by atoms with Gasteiger partial charge in [-0.25, -0.2) is 0 Å². The molecule has 0 aliphatic carbocycles. The van der Waals surface area contributed by atoms with Crippen LogP contribution >= 0.6 is 0 Å². The molecule has 2 aromatic carbocycles. The average molecular weight is 220 g/mol. The van der Waals surface area contributed by atoms with Gasteiger partial charge in [0.15, 0.2) is 0 Å². The van der Waals surface area contributed by atoms with Crippen LogP contribution in [0, 0.1) is 0 Å². The molecular formula is C17H16. The first-order valence-corrected chi connectivity index (χ1v) is 5.75. The van der Waals surface area contributed by atoms with E-state index in [0.29, 0.717) is 0 Å². The lowest BCUT2D eigenvalue weighted by Gasteiger charge is -2.02. The van der Waals surface area contributed by atoms with Crippen LogP contribution in [0.15, 0.2) is 72.8 Å². The van der Waals surface area contributed by atoms with Gasteiger partial charge in [-0.3, -0.25) is 0 Å². The SMILES string of the molecule is C=C(C)C=Cc1cccc(-c2ccccc2)c1. The fourth-order valence-corrected chi connectivity index (χ4v) is 1.69. The van der Waals surface area contributed by atoms with Crippen LogP contribution in [0.2, 0.25) is 0 Å². The summed E-state index contributed by atoms with van der Waals surface area (Å²) in [4.78, 5) is 0. The largest absolute Gasteiger partial charge is 0.0961 e. The lowest BCUT2D eigenvalue weighted by atomic mass is 10.0. The molecule has 0 bridgehead atoms. The molecule has 0 heteroatoms. The smallest absolute Gasteiger partial charge is 0.0178 e. The highest BCUT2D eigenvalue weighted by Gasteiger charge is 1.96. The zero-order chi connectivity index (χ0) is 12.1. The minimum atomic E-state index is 1.06. The Morgan fingerprint density at radius 1 is 0.941 bits per heavy atom. The first-order chi connectivity index (χ1) is 8.25. The number of benzene rings is 2. The molecule has 0 fully saturated rings. The third-order valence-corrected chi connectivity index (χ3v) is 2.55. The molecule has 0 aromatic heterocycles. The molecule has 0 saturated carbocycles. The Morgan fingerprint density at radius 3 is 2.35 bits per heavy atom. The van der Waals surface area contributed by atoms with E-state index in [-0.39, 0.29) is 0 Å². The van der Waals surface area contributed by atoms with E-state index in [9.17, 15) is 0 Å². The Morgan fingerprint density at radius 2 is 1.65 bits per heavy atom. The molecule has 0 N–H and O–H groups in total. The van der Waals surface area contributed by atoms with Crippen LogP contribution in [0.1, 0.15) is 12.5 Å². The van der Waals surface area contributed by atoms with Crippen LogP contribution in [-0.4, -0.2) is 0 Å². The predicted molar refractivity (Wildman–Crippen MR) is 75.7 cm³/mol. The molecule has 0 aliphatic rings. The van der Waals surface area contributed by atoms with Gasteiger partial charge in [0.2, 0.25) is 0 Å². The maximum absolute atomic E-state index is 3.86. The maximum Gasteiger partial charge on any atom is -0.0178 e. The molecule has 17 heavy (non-hydrogen) atoms. The molecule has 0 aliphatic heterocycles. The lowest BCUT2D eigenvalue weighted by Crippen LogP contribution is -1.78. The zero-order valence-electron chi connectivity index (χ0n) is 10.1. The fourth-order valence-electron chi connectivity index (χ4n) is 1.69. The molecule has 0 amide bonds. The minimum absolute atomic E-state index is 1.06. The highest BCUT2D eigenvalue weighted by molar-refractivity contribution is 5.67. The van der Waals surface area contributed by atoms with Gasteiger partial charge in [0.05, 0.1) is 0 Å². The maximum atomic E-state index is 3.86. The van der Waals surface area contributed by atoms with E-state index < -0.39 is 0 Å². The molecule has 2 aromatic rings. The van der Waals surface area contributed by atoms with Crippen molar-refractivity contribution in [3.63, 3.8) is 0 Å². The second-order valence-electron chi connectivity index (χ2n) is 4.17. The third-order valence-electron chi connectivity index (χ3n) is 2.55. The van der Waals surface area contributed by atoms with Crippen LogP contribution in [0.5, 0.6) is 0 Å². The van der Waals surface area contributed by atoms with Crippen LogP contribution in [0.4, 0.5) is 0 Å². The second kappa shape index (κ2) is 5.31. The summed E-state index contributed by atoms with van der Waals surface area (Å²) in [5.74, 6) is 0. The molecule has 0 saturated heterocycles. The fraction of sp³-hybridized carbons (Fsp3) is 0.0588. The van der Waals surface area contributed by atoms with E-state index in [0.717, 1.165) is 5.57 Å². The standard InChI is InChI=1S/C17H16/c1-14(2)11-12-15-7-6-10-17(13-15)16-8-4-3-5-9-16/h3-13H,1H2,2H3. The monoisotopic (exact) mass is 220 g/mol. The van der Waals surface area contributed by atoms with Gasteiger partial charge in [0.25, 0.3) is 0 Å². The molecule has 0 spiro atoms. The topological polar surface area (TPSA) is 0 Å². The van der Waals surface area contributed by atoms with Gasteiger partial charge in [-0.15, -0.1) is 0 Å². The van der Waals surface area contributed by atoms with E-state index in [1.807, 2.05) is 19.1 Å². The summed E-state index contributed by atoms with van der Waals surface area (Å²) in [5.41, 5.74) is 4.76. The predicted octanol–water partition coefficient (Wildman–Crippen LogP) is 4.94. The number of hydrogen-bond acceptors (Lipinski definition) is 0. The van der Waals surface area contributed by atoms with Crippen molar-refractivity contribution in [2.75, 3.05) is 0 Å². The molecule has 0 unspecified atom stereocenters. The van der Waals surface area contributed by atoms with Crippen LogP contribution < -0.4 is 0 Å².